The number of hydrogen-bond acceptors (Lipinski definition) is 5. The molecule has 0 saturated heterocycles. The van der Waals surface area contributed by atoms with E-state index in [4.69, 9.17) is 0 Å². The van der Waals surface area contributed by atoms with Crippen LogP contribution in [-0.2, 0) is 0 Å². The summed E-state index contributed by atoms with van der Waals surface area (Å²) >= 11 is 3.56. The second-order valence-electron chi connectivity index (χ2n) is 4.20. The van der Waals surface area contributed by atoms with Gasteiger partial charge in [-0.15, -0.1) is 0 Å². The van der Waals surface area contributed by atoms with Gasteiger partial charge in [-0.2, -0.15) is 11.8 Å². The van der Waals surface area contributed by atoms with E-state index in [-0.39, 0.29) is 12.2 Å². The second-order valence-corrected chi connectivity index (χ2v) is 6.31. The number of hydrogen-bond donors (Lipinski definition) is 2. The highest BCUT2D eigenvalue weighted by atomic mass is 127. The number of anilines is 1. The first-order chi connectivity index (χ1) is 8.35. The molecule has 0 aliphatic carbocycles. The highest BCUT2D eigenvalue weighted by Crippen LogP contribution is 2.27. The van der Waals surface area contributed by atoms with Crippen molar-refractivity contribution in [3.63, 3.8) is 0 Å². The average molecular weight is 382 g/mol. The molecule has 18 heavy (non-hydrogen) atoms. The van der Waals surface area contributed by atoms with Crippen molar-refractivity contribution in [2.75, 3.05) is 23.9 Å². The van der Waals surface area contributed by atoms with Gasteiger partial charge in [0.1, 0.15) is 5.69 Å². The van der Waals surface area contributed by atoms with Gasteiger partial charge < -0.3 is 10.4 Å². The first-order valence-corrected chi connectivity index (χ1v) is 7.72. The number of benzene rings is 1. The number of thioether (sulfide) groups is 1. The van der Waals surface area contributed by atoms with E-state index in [1.165, 1.54) is 17.8 Å². The Labute approximate surface area is 124 Å². The van der Waals surface area contributed by atoms with Crippen LogP contribution in [0.15, 0.2) is 18.2 Å². The van der Waals surface area contributed by atoms with E-state index in [1.54, 1.807) is 19.1 Å². The predicted molar refractivity (Wildman–Crippen MR) is 83.3 cm³/mol. The Morgan fingerprint density at radius 2 is 2.28 bits per heavy atom. The lowest BCUT2D eigenvalue weighted by molar-refractivity contribution is -0.384. The third kappa shape index (κ3) is 4.62. The number of nitrogens with zero attached hydrogens (tertiary/aromatic N) is 1. The van der Waals surface area contributed by atoms with Crippen molar-refractivity contribution in [2.24, 2.45) is 0 Å². The largest absolute Gasteiger partial charge is 0.387 e. The highest BCUT2D eigenvalue weighted by molar-refractivity contribution is 14.1. The standard InChI is InChI=1S/C11H15IN2O3S/c1-11(15,7-18-2)6-13-9-4-3-8(12)5-10(9)14(16)17/h3-5,13,15H,6-7H2,1-2H3. The monoisotopic (exact) mass is 382 g/mol. The van der Waals surface area contributed by atoms with Crippen LogP contribution in [0.25, 0.3) is 0 Å². The van der Waals surface area contributed by atoms with Crippen LogP contribution in [0.1, 0.15) is 6.92 Å². The fourth-order valence-corrected chi connectivity index (χ4v) is 2.65. The zero-order chi connectivity index (χ0) is 13.8. The summed E-state index contributed by atoms with van der Waals surface area (Å²) in [5.41, 5.74) is -0.431. The zero-order valence-corrected chi connectivity index (χ0v) is 13.1. The summed E-state index contributed by atoms with van der Waals surface area (Å²) in [7, 11) is 0. The van der Waals surface area contributed by atoms with Crippen molar-refractivity contribution in [2.45, 2.75) is 12.5 Å². The molecular weight excluding hydrogens is 367 g/mol. The first kappa shape index (κ1) is 15.5. The molecule has 0 radical (unpaired) electrons. The molecule has 1 unspecified atom stereocenters. The molecule has 5 nitrogen and oxygen atoms in total. The van der Waals surface area contributed by atoms with Gasteiger partial charge in [0.25, 0.3) is 5.69 Å². The van der Waals surface area contributed by atoms with E-state index in [0.717, 1.165) is 3.57 Å². The van der Waals surface area contributed by atoms with Crippen LogP contribution >= 0.6 is 34.4 Å². The summed E-state index contributed by atoms with van der Waals surface area (Å²) in [5, 5.41) is 23.9. The van der Waals surface area contributed by atoms with Gasteiger partial charge in [0, 0.05) is 21.9 Å². The summed E-state index contributed by atoms with van der Waals surface area (Å²) in [6.07, 6.45) is 1.90. The van der Waals surface area contributed by atoms with Crippen molar-refractivity contribution in [1.29, 1.82) is 0 Å². The Balaban J connectivity index is 2.82. The van der Waals surface area contributed by atoms with E-state index in [2.05, 4.69) is 5.32 Å². The topological polar surface area (TPSA) is 75.4 Å². The molecular formula is C11H15IN2O3S. The van der Waals surface area contributed by atoms with E-state index >= 15 is 0 Å². The van der Waals surface area contributed by atoms with Crippen molar-refractivity contribution in [1.82, 2.24) is 0 Å². The summed E-state index contributed by atoms with van der Waals surface area (Å²) in [6.45, 7) is 1.98. The molecule has 0 aliphatic heterocycles. The van der Waals surface area contributed by atoms with Gasteiger partial charge >= 0.3 is 0 Å². The molecule has 2 N–H and O–H groups in total. The minimum Gasteiger partial charge on any atom is -0.387 e. The molecule has 1 aromatic carbocycles. The number of nitro benzene ring substituents is 1. The van der Waals surface area contributed by atoms with Crippen LogP contribution in [0.3, 0.4) is 0 Å². The van der Waals surface area contributed by atoms with Gasteiger partial charge in [0.2, 0.25) is 0 Å². The van der Waals surface area contributed by atoms with Crippen LogP contribution < -0.4 is 5.32 Å². The lowest BCUT2D eigenvalue weighted by Gasteiger charge is -2.23. The molecule has 1 rings (SSSR count). The summed E-state index contributed by atoms with van der Waals surface area (Å²) in [4.78, 5) is 10.5. The van der Waals surface area contributed by atoms with Gasteiger partial charge in [-0.1, -0.05) is 0 Å². The van der Waals surface area contributed by atoms with Crippen LogP contribution in [0.5, 0.6) is 0 Å². The molecule has 0 fully saturated rings. The van der Waals surface area contributed by atoms with E-state index in [0.29, 0.717) is 11.4 Å². The van der Waals surface area contributed by atoms with E-state index in [9.17, 15) is 15.2 Å². The lowest BCUT2D eigenvalue weighted by atomic mass is 10.1. The fraction of sp³-hybridized carbons (Fsp3) is 0.455. The Morgan fingerprint density at radius 3 is 2.83 bits per heavy atom. The molecule has 0 aromatic heterocycles. The van der Waals surface area contributed by atoms with Crippen LogP contribution in [0, 0.1) is 13.7 Å². The summed E-state index contributed by atoms with van der Waals surface area (Å²) in [6, 6.07) is 4.96. The molecule has 1 atom stereocenters. The highest BCUT2D eigenvalue weighted by Gasteiger charge is 2.21. The van der Waals surface area contributed by atoms with Gasteiger partial charge in [0.15, 0.2) is 0 Å². The Hall–Kier alpha value is -0.540. The number of aliphatic hydroxyl groups is 1. The van der Waals surface area contributed by atoms with Gasteiger partial charge in [-0.05, 0) is 47.9 Å². The molecule has 0 amide bonds. The minimum absolute atomic E-state index is 0.0295. The van der Waals surface area contributed by atoms with E-state index < -0.39 is 10.5 Å². The molecule has 7 heteroatoms. The number of nitro groups is 1. The number of halogens is 1. The van der Waals surface area contributed by atoms with Gasteiger partial charge in [-0.3, -0.25) is 10.1 Å². The van der Waals surface area contributed by atoms with Crippen molar-refractivity contribution < 1.29 is 10.0 Å². The first-order valence-electron chi connectivity index (χ1n) is 5.25. The van der Waals surface area contributed by atoms with Crippen LogP contribution in [0.4, 0.5) is 11.4 Å². The minimum atomic E-state index is -0.893. The quantitative estimate of drug-likeness (QED) is 0.450. The van der Waals surface area contributed by atoms with Crippen LogP contribution in [-0.4, -0.2) is 34.2 Å². The third-order valence-corrected chi connectivity index (χ3v) is 3.85. The Morgan fingerprint density at radius 1 is 1.61 bits per heavy atom. The number of rotatable bonds is 6. The predicted octanol–water partition coefficient (Wildman–Crippen LogP) is 2.73. The maximum Gasteiger partial charge on any atom is 0.293 e. The molecule has 0 bridgehead atoms. The summed E-state index contributed by atoms with van der Waals surface area (Å²) < 4.78 is 0.806. The normalized spacial score (nSPS) is 14.0. The average Bonchev–Trinajstić information content (AvgIpc) is 2.27. The number of nitrogens with one attached hydrogen (secondary N) is 1. The molecule has 0 heterocycles. The van der Waals surface area contributed by atoms with Gasteiger partial charge in [-0.25, -0.2) is 0 Å². The fourth-order valence-electron chi connectivity index (χ4n) is 1.45. The SMILES string of the molecule is CSCC(C)(O)CNc1ccc(I)cc1[N+](=O)[O-]. The molecule has 0 saturated carbocycles. The van der Waals surface area contributed by atoms with Crippen molar-refractivity contribution in [3.05, 3.63) is 31.9 Å². The maximum absolute atomic E-state index is 10.9. The van der Waals surface area contributed by atoms with Gasteiger partial charge in [0.05, 0.1) is 10.5 Å². The second kappa shape index (κ2) is 6.58. The molecule has 0 aliphatic rings. The van der Waals surface area contributed by atoms with Crippen molar-refractivity contribution in [3.8, 4) is 0 Å². The summed E-state index contributed by atoms with van der Waals surface area (Å²) in [5.74, 6) is 0.568. The van der Waals surface area contributed by atoms with Crippen molar-refractivity contribution >= 4 is 45.7 Å². The Kier molecular flexibility index (Phi) is 5.67. The molecule has 100 valence electrons. The van der Waals surface area contributed by atoms with E-state index in [1.807, 2.05) is 28.8 Å². The molecule has 0 spiro atoms. The zero-order valence-electron chi connectivity index (χ0n) is 10.1. The van der Waals surface area contributed by atoms with Crippen LogP contribution in [0.2, 0.25) is 0 Å². The lowest BCUT2D eigenvalue weighted by Crippen LogP contribution is -2.36. The Bertz CT molecular complexity index is 440. The third-order valence-electron chi connectivity index (χ3n) is 2.27. The maximum atomic E-state index is 10.9. The smallest absolute Gasteiger partial charge is 0.293 e. The molecule has 1 aromatic rings.